The predicted octanol–water partition coefficient (Wildman–Crippen LogP) is 3.02. The van der Waals surface area contributed by atoms with Gasteiger partial charge in [-0.2, -0.15) is 0 Å². The lowest BCUT2D eigenvalue weighted by Gasteiger charge is -2.24. The van der Waals surface area contributed by atoms with Gasteiger partial charge in [-0.3, -0.25) is 4.79 Å². The summed E-state index contributed by atoms with van der Waals surface area (Å²) in [4.78, 5) is 12.3. The first-order valence-corrected chi connectivity index (χ1v) is 7.39. The van der Waals surface area contributed by atoms with E-state index in [1.807, 2.05) is 0 Å². The summed E-state index contributed by atoms with van der Waals surface area (Å²) in [7, 11) is 1.46. The van der Waals surface area contributed by atoms with Crippen LogP contribution in [0.2, 0.25) is 0 Å². The van der Waals surface area contributed by atoms with Gasteiger partial charge in [0.1, 0.15) is 11.3 Å². The fourth-order valence-electron chi connectivity index (χ4n) is 2.84. The Hall–Kier alpha value is -2.71. The Morgan fingerprint density at radius 3 is 2.64 bits per heavy atom. The van der Waals surface area contributed by atoms with Crippen molar-refractivity contribution in [1.82, 2.24) is 4.68 Å². The number of aryl methyl sites for hydroxylation is 1. The van der Waals surface area contributed by atoms with Crippen LogP contribution < -0.4 is 9.58 Å². The first-order chi connectivity index (χ1) is 11.5. The van der Waals surface area contributed by atoms with Crippen LogP contribution in [0.25, 0.3) is 16.7 Å². The highest BCUT2D eigenvalue weighted by Gasteiger charge is 2.36. The molecule has 134 valence electrons. The van der Waals surface area contributed by atoms with E-state index in [-0.39, 0.29) is 23.3 Å². The highest BCUT2D eigenvalue weighted by molar-refractivity contribution is 5.92. The molecule has 0 amide bonds. The minimum absolute atomic E-state index is 0.0195. The molecule has 6 nitrogen and oxygen atoms in total. The first kappa shape index (κ1) is 17.1. The van der Waals surface area contributed by atoms with Crippen molar-refractivity contribution in [3.05, 3.63) is 35.2 Å². The molecule has 1 aliphatic heterocycles. The molecular weight excluding hydrogens is 341 g/mol. The van der Waals surface area contributed by atoms with Crippen molar-refractivity contribution < 1.29 is 32.3 Å². The Morgan fingerprint density at radius 1 is 1.36 bits per heavy atom. The van der Waals surface area contributed by atoms with Gasteiger partial charge in [-0.1, -0.05) is 18.7 Å². The monoisotopic (exact) mass is 356 g/mol. The van der Waals surface area contributed by atoms with Gasteiger partial charge in [0.25, 0.3) is 5.69 Å². The zero-order valence-corrected chi connectivity index (χ0v) is 13.7. The van der Waals surface area contributed by atoms with Crippen LogP contribution in [0, 0.1) is 10.6 Å². The van der Waals surface area contributed by atoms with Crippen LogP contribution in [0.15, 0.2) is 24.3 Å². The Bertz CT molecular complexity index is 897. The van der Waals surface area contributed by atoms with E-state index in [2.05, 4.69) is 4.74 Å². The van der Waals surface area contributed by atoms with E-state index in [0.29, 0.717) is 10.4 Å². The van der Waals surface area contributed by atoms with Crippen LogP contribution in [-0.2, 0) is 16.6 Å². The van der Waals surface area contributed by atoms with E-state index in [0.717, 1.165) is 12.1 Å². The van der Waals surface area contributed by atoms with Gasteiger partial charge in [0.15, 0.2) is 0 Å². The number of halogens is 3. The second-order valence-corrected chi connectivity index (χ2v) is 6.52. The van der Waals surface area contributed by atoms with Gasteiger partial charge in [0.05, 0.1) is 18.9 Å². The number of hydrogen-bond acceptors (Lipinski definition) is 4. The van der Waals surface area contributed by atoms with Crippen molar-refractivity contribution in [2.45, 2.75) is 26.6 Å². The number of carbonyl (C=O) groups excluding carboxylic acids is 1. The number of ether oxygens (including phenoxy) is 2. The third-order valence-corrected chi connectivity index (χ3v) is 3.85. The molecular formula is C16H15F3N2O4. The highest BCUT2D eigenvalue weighted by atomic mass is 19.4. The van der Waals surface area contributed by atoms with Crippen LogP contribution in [0.4, 0.5) is 13.2 Å². The Morgan fingerprint density at radius 2 is 2.04 bits per heavy atom. The molecule has 0 bridgehead atoms. The highest BCUT2D eigenvalue weighted by Crippen LogP contribution is 2.36. The summed E-state index contributed by atoms with van der Waals surface area (Å²) < 4.78 is 47.7. The Labute approximate surface area is 140 Å². The number of alkyl halides is 3. The van der Waals surface area contributed by atoms with Gasteiger partial charge in [-0.05, 0) is 29.7 Å². The summed E-state index contributed by atoms with van der Waals surface area (Å²) in [6, 6.07) is 3.55. The number of esters is 1. The van der Waals surface area contributed by atoms with Crippen molar-refractivity contribution in [1.29, 1.82) is 0 Å². The summed E-state index contributed by atoms with van der Waals surface area (Å²) >= 11 is 0. The molecule has 0 unspecified atom stereocenters. The summed E-state index contributed by atoms with van der Waals surface area (Å²) in [5.41, 5.74) is -0.203. The number of rotatable bonds is 2. The van der Waals surface area contributed by atoms with E-state index in [1.54, 1.807) is 19.9 Å². The van der Waals surface area contributed by atoms with Crippen molar-refractivity contribution in [3.63, 3.8) is 0 Å². The van der Waals surface area contributed by atoms with Gasteiger partial charge in [-0.25, -0.2) is 0 Å². The molecule has 1 aliphatic rings. The van der Waals surface area contributed by atoms with Gasteiger partial charge in [0.2, 0.25) is 5.76 Å². The lowest BCUT2D eigenvalue weighted by atomic mass is 9.86. The van der Waals surface area contributed by atoms with Crippen LogP contribution >= 0.6 is 0 Å². The maximum atomic E-state index is 12.5. The summed E-state index contributed by atoms with van der Waals surface area (Å²) in [6.45, 7) is 3.60. The minimum atomic E-state index is -4.85. The summed E-state index contributed by atoms with van der Waals surface area (Å²) in [5, 5.41) is 12.7. The Kier molecular flexibility index (Phi) is 3.70. The molecule has 2 aromatic rings. The molecule has 0 aliphatic carbocycles. The third-order valence-electron chi connectivity index (χ3n) is 3.85. The molecule has 1 aromatic carbocycles. The zero-order chi connectivity index (χ0) is 18.6. The normalized spacial score (nSPS) is 17.4. The maximum Gasteiger partial charge on any atom is 0.573 e. The number of allylic oxidation sites excluding steroid dienone is 1. The Balaban J connectivity index is 2.20. The molecule has 0 fully saturated rings. The van der Waals surface area contributed by atoms with Crippen molar-refractivity contribution in [2.24, 2.45) is 12.5 Å². The molecule has 0 saturated heterocycles. The van der Waals surface area contributed by atoms with Crippen molar-refractivity contribution >= 4 is 22.6 Å². The summed E-state index contributed by atoms with van der Waals surface area (Å²) in [6.07, 6.45) is -3.09. The molecule has 25 heavy (non-hydrogen) atoms. The minimum Gasteiger partial charge on any atom is -0.595 e. The second kappa shape index (κ2) is 5.40. The zero-order valence-electron chi connectivity index (χ0n) is 13.7. The predicted molar refractivity (Wildman–Crippen MR) is 81.0 cm³/mol. The standard InChI is InChI=1S/C16H15F3N2O4/c1-15(2)7-12(24-13(22)8-15)14-10-6-9(25-16(17,18)19)4-5-11(10)20(3)21(14)23/h4-7H,8H2,1-3H3. The van der Waals surface area contributed by atoms with Crippen molar-refractivity contribution in [3.8, 4) is 5.75 Å². The van der Waals surface area contributed by atoms with E-state index in [9.17, 15) is 23.2 Å². The molecule has 0 spiro atoms. The second-order valence-electron chi connectivity index (χ2n) is 6.52. The molecule has 0 saturated carbocycles. The van der Waals surface area contributed by atoms with E-state index >= 15 is 0 Å². The number of hydrogen-bond donors (Lipinski definition) is 0. The topological polar surface area (TPSA) is 67.4 Å². The fourth-order valence-corrected chi connectivity index (χ4v) is 2.84. The van der Waals surface area contributed by atoms with Crippen LogP contribution in [0.1, 0.15) is 26.0 Å². The molecule has 3 rings (SSSR count). The largest absolute Gasteiger partial charge is 0.595 e. The number of nitrogens with zero attached hydrogens (tertiary/aromatic N) is 2. The van der Waals surface area contributed by atoms with Crippen LogP contribution in [0.5, 0.6) is 5.75 Å². The number of cyclic esters (lactones) is 1. The molecule has 0 atom stereocenters. The van der Waals surface area contributed by atoms with Crippen LogP contribution in [-0.4, -0.2) is 17.0 Å². The van der Waals surface area contributed by atoms with Gasteiger partial charge in [-0.15, -0.1) is 17.9 Å². The summed E-state index contributed by atoms with van der Waals surface area (Å²) in [5.74, 6) is -0.956. The molecule has 0 radical (unpaired) electrons. The lowest BCUT2D eigenvalue weighted by Crippen LogP contribution is -2.39. The molecule has 9 heteroatoms. The average molecular weight is 356 g/mol. The number of fused-ring (bicyclic) bond motifs is 1. The van der Waals surface area contributed by atoms with Gasteiger partial charge in [0, 0.05) is 0 Å². The maximum absolute atomic E-state index is 12.5. The van der Waals surface area contributed by atoms with Gasteiger partial charge >= 0.3 is 12.3 Å². The average Bonchev–Trinajstić information content (AvgIpc) is 2.66. The van der Waals surface area contributed by atoms with Crippen molar-refractivity contribution in [2.75, 3.05) is 0 Å². The van der Waals surface area contributed by atoms with Gasteiger partial charge < -0.3 is 14.7 Å². The number of benzene rings is 1. The number of aromatic nitrogens is 2. The quantitative estimate of drug-likeness (QED) is 0.471. The molecule has 0 N–H and O–H groups in total. The smallest absolute Gasteiger partial charge is 0.573 e. The van der Waals surface area contributed by atoms with E-state index < -0.39 is 23.5 Å². The van der Waals surface area contributed by atoms with E-state index in [1.165, 1.54) is 17.8 Å². The SMILES string of the molecule is Cn1c2ccc(OC(F)(F)F)cc2c(C2=CC(C)(C)CC(=O)O2)[n+]1[O-]. The molecule has 1 aromatic heterocycles. The number of carbonyl (C=O) groups is 1. The van der Waals surface area contributed by atoms with Crippen LogP contribution in [0.3, 0.4) is 0 Å². The third kappa shape index (κ3) is 3.26. The first-order valence-electron chi connectivity index (χ1n) is 7.39. The molecule has 2 heterocycles. The lowest BCUT2D eigenvalue weighted by molar-refractivity contribution is -0.691. The van der Waals surface area contributed by atoms with E-state index in [4.69, 9.17) is 4.74 Å². The fraction of sp³-hybridized carbons (Fsp3) is 0.375.